The fourth-order valence-corrected chi connectivity index (χ4v) is 1.26. The first-order valence-corrected chi connectivity index (χ1v) is 4.33. The maximum absolute atomic E-state index is 5.61. The molecule has 0 spiro atoms. The van der Waals surface area contributed by atoms with Gasteiger partial charge in [0, 0.05) is 13.1 Å². The first kappa shape index (κ1) is 9.19. The Balaban J connectivity index is 3.05. The van der Waals surface area contributed by atoms with Gasteiger partial charge in [-0.25, -0.2) is 4.68 Å². The Kier molecular flexibility index (Phi) is 2.81. The minimum atomic E-state index is 0.406. The van der Waals surface area contributed by atoms with Crippen molar-refractivity contribution < 1.29 is 0 Å². The van der Waals surface area contributed by atoms with Gasteiger partial charge in [0.1, 0.15) is 0 Å². The van der Waals surface area contributed by atoms with E-state index in [0.717, 1.165) is 17.9 Å². The van der Waals surface area contributed by atoms with E-state index < -0.39 is 0 Å². The van der Waals surface area contributed by atoms with Crippen LogP contribution in [-0.4, -0.2) is 15.0 Å². The maximum Gasteiger partial charge on any atom is 0.0897 e. The molecule has 0 unspecified atom stereocenters. The Bertz CT molecular complexity index is 252. The molecule has 0 saturated carbocycles. The maximum atomic E-state index is 5.61. The van der Waals surface area contributed by atoms with Gasteiger partial charge < -0.3 is 5.73 Å². The molecule has 4 heteroatoms. The monoisotopic (exact) mass is 168 g/mol. The van der Waals surface area contributed by atoms with Crippen molar-refractivity contribution in [1.29, 1.82) is 0 Å². The third-order valence-electron chi connectivity index (χ3n) is 1.91. The zero-order chi connectivity index (χ0) is 9.14. The molecule has 0 aliphatic heterocycles. The molecule has 1 aromatic heterocycles. The predicted octanol–water partition coefficient (Wildman–Crippen LogP) is 0.880. The van der Waals surface area contributed by atoms with Crippen LogP contribution >= 0.6 is 0 Å². The van der Waals surface area contributed by atoms with Crippen molar-refractivity contribution in [2.75, 3.05) is 0 Å². The van der Waals surface area contributed by atoms with E-state index in [1.54, 1.807) is 0 Å². The average molecular weight is 168 g/mol. The van der Waals surface area contributed by atoms with E-state index in [1.807, 2.05) is 11.6 Å². The highest BCUT2D eigenvalue weighted by Crippen LogP contribution is 2.15. The van der Waals surface area contributed by atoms with E-state index in [2.05, 4.69) is 24.2 Å². The second-order valence-corrected chi connectivity index (χ2v) is 3.10. The van der Waals surface area contributed by atoms with Crippen molar-refractivity contribution in [1.82, 2.24) is 15.0 Å². The molecule has 0 aliphatic carbocycles. The highest BCUT2D eigenvalue weighted by Gasteiger charge is 2.12. The van der Waals surface area contributed by atoms with Gasteiger partial charge in [0.2, 0.25) is 0 Å². The lowest BCUT2D eigenvalue weighted by molar-refractivity contribution is 0.598. The molecule has 0 saturated heterocycles. The van der Waals surface area contributed by atoms with E-state index in [-0.39, 0.29) is 0 Å². The van der Waals surface area contributed by atoms with Gasteiger partial charge in [-0.2, -0.15) is 0 Å². The van der Waals surface area contributed by atoms with Crippen LogP contribution in [0.15, 0.2) is 0 Å². The van der Waals surface area contributed by atoms with Gasteiger partial charge in [-0.15, -0.1) is 5.10 Å². The average Bonchev–Trinajstić information content (AvgIpc) is 2.46. The lowest BCUT2D eigenvalue weighted by Crippen LogP contribution is -2.09. The third-order valence-corrected chi connectivity index (χ3v) is 1.91. The summed E-state index contributed by atoms with van der Waals surface area (Å²) < 4.78 is 1.86. The third kappa shape index (κ3) is 1.48. The van der Waals surface area contributed by atoms with Crippen LogP contribution in [0.3, 0.4) is 0 Å². The molecule has 0 atom stereocenters. The molecular weight excluding hydrogens is 152 g/mol. The summed E-state index contributed by atoms with van der Waals surface area (Å²) in [5.41, 5.74) is 7.70. The minimum Gasteiger partial charge on any atom is -0.325 e. The van der Waals surface area contributed by atoms with Gasteiger partial charge >= 0.3 is 0 Å². The van der Waals surface area contributed by atoms with Crippen LogP contribution in [0, 0.1) is 0 Å². The molecule has 0 aromatic carbocycles. The first-order valence-electron chi connectivity index (χ1n) is 4.33. The zero-order valence-electron chi connectivity index (χ0n) is 7.91. The van der Waals surface area contributed by atoms with Crippen LogP contribution in [0.1, 0.15) is 38.1 Å². The van der Waals surface area contributed by atoms with Crippen molar-refractivity contribution in [3.63, 3.8) is 0 Å². The molecule has 68 valence electrons. The van der Waals surface area contributed by atoms with Crippen molar-refractivity contribution in [2.45, 2.75) is 39.8 Å². The highest BCUT2D eigenvalue weighted by atomic mass is 15.4. The van der Waals surface area contributed by atoms with Gasteiger partial charge in [-0.1, -0.05) is 19.1 Å². The molecular formula is C8H16N4. The van der Waals surface area contributed by atoms with E-state index in [1.165, 1.54) is 0 Å². The molecule has 0 aliphatic rings. The number of nitrogens with two attached hydrogens (primary N) is 1. The van der Waals surface area contributed by atoms with Crippen molar-refractivity contribution >= 4 is 0 Å². The molecule has 1 aromatic rings. The molecule has 0 radical (unpaired) electrons. The molecule has 2 N–H and O–H groups in total. The summed E-state index contributed by atoms with van der Waals surface area (Å²) in [4.78, 5) is 0. The van der Waals surface area contributed by atoms with E-state index in [0.29, 0.717) is 12.5 Å². The highest BCUT2D eigenvalue weighted by molar-refractivity contribution is 5.13. The van der Waals surface area contributed by atoms with Crippen LogP contribution in [-0.2, 0) is 13.1 Å². The van der Waals surface area contributed by atoms with Crippen molar-refractivity contribution in [3.8, 4) is 0 Å². The Morgan fingerprint density at radius 1 is 1.50 bits per heavy atom. The van der Waals surface area contributed by atoms with Crippen LogP contribution in [0.2, 0.25) is 0 Å². The van der Waals surface area contributed by atoms with E-state index in [4.69, 9.17) is 5.73 Å². The zero-order valence-corrected chi connectivity index (χ0v) is 7.91. The van der Waals surface area contributed by atoms with Crippen molar-refractivity contribution in [2.24, 2.45) is 5.73 Å². The summed E-state index contributed by atoms with van der Waals surface area (Å²) in [5, 5.41) is 8.10. The predicted molar refractivity (Wildman–Crippen MR) is 47.7 cm³/mol. The van der Waals surface area contributed by atoms with E-state index >= 15 is 0 Å². The van der Waals surface area contributed by atoms with Gasteiger partial charge in [0.15, 0.2) is 0 Å². The Hall–Kier alpha value is -0.900. The number of aryl methyl sites for hydroxylation is 1. The number of aromatic nitrogens is 3. The van der Waals surface area contributed by atoms with E-state index in [9.17, 15) is 0 Å². The van der Waals surface area contributed by atoms with Gasteiger partial charge in [-0.05, 0) is 12.8 Å². The minimum absolute atomic E-state index is 0.406. The number of nitrogens with zero attached hydrogens (tertiary/aromatic N) is 3. The summed E-state index contributed by atoms with van der Waals surface area (Å²) in [6.45, 7) is 7.60. The Labute approximate surface area is 72.8 Å². The summed E-state index contributed by atoms with van der Waals surface area (Å²) >= 11 is 0. The van der Waals surface area contributed by atoms with Gasteiger partial charge in [0.25, 0.3) is 0 Å². The lowest BCUT2D eigenvalue weighted by atomic mass is 10.1. The van der Waals surface area contributed by atoms with Crippen LogP contribution in [0.5, 0.6) is 0 Å². The topological polar surface area (TPSA) is 56.7 Å². The number of hydrogen-bond acceptors (Lipinski definition) is 3. The molecule has 1 heterocycles. The molecule has 1 rings (SSSR count). The number of hydrogen-bond donors (Lipinski definition) is 1. The number of rotatable bonds is 3. The van der Waals surface area contributed by atoms with Crippen molar-refractivity contribution in [3.05, 3.63) is 11.4 Å². The Morgan fingerprint density at radius 3 is 2.58 bits per heavy atom. The van der Waals surface area contributed by atoms with Gasteiger partial charge in [-0.3, -0.25) is 0 Å². The quantitative estimate of drug-likeness (QED) is 0.729. The summed E-state index contributed by atoms with van der Waals surface area (Å²) in [5.74, 6) is 0.406. The van der Waals surface area contributed by atoms with Crippen LogP contribution in [0.4, 0.5) is 0 Å². The first-order chi connectivity index (χ1) is 5.70. The van der Waals surface area contributed by atoms with Crippen LogP contribution < -0.4 is 5.73 Å². The largest absolute Gasteiger partial charge is 0.325 e. The fraction of sp³-hybridized carbons (Fsp3) is 0.750. The van der Waals surface area contributed by atoms with Crippen LogP contribution in [0.25, 0.3) is 0 Å². The van der Waals surface area contributed by atoms with Gasteiger partial charge in [0.05, 0.1) is 11.4 Å². The fourth-order valence-electron chi connectivity index (χ4n) is 1.26. The normalized spacial score (nSPS) is 11.1. The second-order valence-electron chi connectivity index (χ2n) is 3.10. The second kappa shape index (κ2) is 3.67. The standard InChI is InChI=1S/C8H16N4/c1-4-12-7(5-9)8(6(2)3)10-11-12/h6H,4-5,9H2,1-3H3. The summed E-state index contributed by atoms with van der Waals surface area (Å²) in [7, 11) is 0. The molecule has 4 nitrogen and oxygen atoms in total. The molecule has 0 fully saturated rings. The summed E-state index contributed by atoms with van der Waals surface area (Å²) in [6, 6.07) is 0. The molecule has 0 amide bonds. The molecule has 0 bridgehead atoms. The Morgan fingerprint density at radius 2 is 2.17 bits per heavy atom. The molecule has 12 heavy (non-hydrogen) atoms. The lowest BCUT2D eigenvalue weighted by Gasteiger charge is -2.04. The summed E-state index contributed by atoms with van der Waals surface area (Å²) in [6.07, 6.45) is 0. The smallest absolute Gasteiger partial charge is 0.0897 e. The SMILES string of the molecule is CCn1nnc(C(C)C)c1CN.